The third-order valence-electron chi connectivity index (χ3n) is 10.1. The number of aromatic nitrogens is 3. The van der Waals surface area contributed by atoms with E-state index in [1.807, 2.05) is 0 Å². The van der Waals surface area contributed by atoms with Crippen LogP contribution in [0.1, 0.15) is 100 Å². The SMILES string of the molecule is CC(C)(O)c1cnnn1[C@H]1C[C@@H](C(=O)NC(CCCCNC(=O)O)C(=O)C(N)=O)N(C(=O)C(CC2CCCCC2)NC(=O)c2ccc(S(=O)(=O)C(F)F)cc2)C1. The fraction of sp³-hybridized carbons (Fsp3) is 0.600. The van der Waals surface area contributed by atoms with Crippen LogP contribution in [0.4, 0.5) is 13.6 Å². The van der Waals surface area contributed by atoms with Crippen molar-refractivity contribution in [2.45, 2.75) is 118 Å². The molecule has 7 N–H and O–H groups in total. The van der Waals surface area contributed by atoms with Gasteiger partial charge in [-0.15, -0.1) is 5.10 Å². The third-order valence-corrected chi connectivity index (χ3v) is 11.5. The number of carboxylic acid groups (broad SMARTS) is 1. The zero-order valence-corrected chi connectivity index (χ0v) is 31.8. The molecule has 1 saturated heterocycles. The van der Waals surface area contributed by atoms with Crippen LogP contribution in [-0.2, 0) is 34.6 Å². The molecule has 2 heterocycles. The highest BCUT2D eigenvalue weighted by Crippen LogP contribution is 2.34. The van der Waals surface area contributed by atoms with Crippen molar-refractivity contribution >= 4 is 45.3 Å². The summed E-state index contributed by atoms with van der Waals surface area (Å²) in [6.45, 7) is 2.89. The summed E-state index contributed by atoms with van der Waals surface area (Å²) in [5, 5.41) is 35.1. The number of likely N-dealkylation sites (tertiary alicyclic amines) is 1. The summed E-state index contributed by atoms with van der Waals surface area (Å²) in [4.78, 5) is 78.5. The second kappa shape index (κ2) is 18.7. The lowest BCUT2D eigenvalue weighted by Crippen LogP contribution is -2.56. The number of benzene rings is 1. The van der Waals surface area contributed by atoms with Gasteiger partial charge in [-0.1, -0.05) is 37.3 Å². The Labute approximate surface area is 321 Å². The summed E-state index contributed by atoms with van der Waals surface area (Å²) in [6, 6.07) is -0.840. The number of amides is 5. The number of aliphatic hydroxyl groups is 1. The van der Waals surface area contributed by atoms with Crippen molar-refractivity contribution in [3.05, 3.63) is 41.7 Å². The number of carbonyl (C=O) groups excluding carboxylic acids is 5. The number of Topliss-reactive ketones (excluding diaryl/α,β-unsaturated/α-hetero) is 1. The van der Waals surface area contributed by atoms with E-state index in [2.05, 4.69) is 26.3 Å². The van der Waals surface area contributed by atoms with E-state index in [0.717, 1.165) is 56.4 Å². The van der Waals surface area contributed by atoms with Gasteiger partial charge in [0, 0.05) is 25.1 Å². The number of unbranched alkanes of at least 4 members (excludes halogenated alkanes) is 1. The third kappa shape index (κ3) is 11.0. The molecule has 56 heavy (non-hydrogen) atoms. The predicted molar refractivity (Wildman–Crippen MR) is 193 cm³/mol. The summed E-state index contributed by atoms with van der Waals surface area (Å²) in [5.41, 5.74) is 4.01. The maximum absolute atomic E-state index is 14.7. The van der Waals surface area contributed by atoms with E-state index in [1.54, 1.807) is 0 Å². The zero-order valence-electron chi connectivity index (χ0n) is 31.0. The molecule has 1 aliphatic heterocycles. The maximum atomic E-state index is 14.7. The molecule has 18 nitrogen and oxygen atoms in total. The van der Waals surface area contributed by atoms with Gasteiger partial charge < -0.3 is 36.8 Å². The molecule has 5 amide bonds. The number of rotatable bonds is 18. The fourth-order valence-corrected chi connectivity index (χ4v) is 7.85. The van der Waals surface area contributed by atoms with Gasteiger partial charge in [0.15, 0.2) is 0 Å². The second-order valence-electron chi connectivity index (χ2n) is 14.6. The first-order valence-corrected chi connectivity index (χ1v) is 19.8. The van der Waals surface area contributed by atoms with Gasteiger partial charge >= 0.3 is 11.9 Å². The van der Waals surface area contributed by atoms with Crippen LogP contribution in [0, 0.1) is 5.92 Å². The Bertz CT molecular complexity index is 1860. The standard InChI is InChI=1S/C35H48F2N8O10S/c1-35(2,53)27-18-40-43-45(27)22-17-26(31(49)41-24(28(46)29(38)47)10-6-7-15-39-34(51)52)44(19-22)32(50)25(16-20-8-4-3-5-9-20)42-30(48)21-11-13-23(14-12-21)56(54,55)33(36)37/h11-14,18,20,22,24-26,33,39,53H,3-10,15-17,19H2,1-2H3,(H2,38,47)(H,41,49)(H,42,48)(H,51,52)/t22-,24?,25?,26-/m0/s1. The molecular formula is C35H48F2N8O10S. The predicted octanol–water partition coefficient (Wildman–Crippen LogP) is 1.39. The van der Waals surface area contributed by atoms with Crippen LogP contribution in [0.5, 0.6) is 0 Å². The molecule has 2 aliphatic rings. The van der Waals surface area contributed by atoms with E-state index >= 15 is 0 Å². The molecular weight excluding hydrogens is 762 g/mol. The smallest absolute Gasteiger partial charge is 0.404 e. The topological polar surface area (TPSA) is 273 Å². The van der Waals surface area contributed by atoms with Gasteiger partial charge in [-0.25, -0.2) is 17.9 Å². The number of alkyl halides is 2. The van der Waals surface area contributed by atoms with E-state index in [4.69, 9.17) is 10.8 Å². The first-order chi connectivity index (χ1) is 26.3. The molecule has 1 aromatic heterocycles. The molecule has 308 valence electrons. The number of hydrogen-bond donors (Lipinski definition) is 6. The van der Waals surface area contributed by atoms with Gasteiger partial charge in [-0.3, -0.25) is 24.0 Å². The molecule has 1 saturated carbocycles. The number of nitrogens with one attached hydrogen (secondary N) is 3. The largest absolute Gasteiger partial charge is 0.465 e. The Morgan fingerprint density at radius 2 is 1.66 bits per heavy atom. The van der Waals surface area contributed by atoms with Gasteiger partial charge in [-0.05, 0) is 69.7 Å². The molecule has 2 unspecified atom stereocenters. The monoisotopic (exact) mass is 810 g/mol. The van der Waals surface area contributed by atoms with Crippen LogP contribution in [0.15, 0.2) is 35.4 Å². The summed E-state index contributed by atoms with van der Waals surface area (Å²) in [7, 11) is -4.93. The van der Waals surface area contributed by atoms with Crippen LogP contribution in [0.25, 0.3) is 0 Å². The van der Waals surface area contributed by atoms with Gasteiger partial charge in [0.1, 0.15) is 17.7 Å². The van der Waals surface area contributed by atoms with E-state index in [-0.39, 0.29) is 62.4 Å². The van der Waals surface area contributed by atoms with Crippen molar-refractivity contribution in [3.63, 3.8) is 0 Å². The number of hydrogen-bond acceptors (Lipinski definition) is 11. The summed E-state index contributed by atoms with van der Waals surface area (Å²) >= 11 is 0. The fourth-order valence-electron chi connectivity index (χ4n) is 7.13. The summed E-state index contributed by atoms with van der Waals surface area (Å²) in [6.07, 6.45) is 4.86. The highest BCUT2D eigenvalue weighted by Gasteiger charge is 2.45. The molecule has 1 aromatic carbocycles. The average Bonchev–Trinajstić information content (AvgIpc) is 3.82. The summed E-state index contributed by atoms with van der Waals surface area (Å²) < 4.78 is 51.5. The van der Waals surface area contributed by atoms with Crippen LogP contribution >= 0.6 is 0 Å². The number of nitrogens with two attached hydrogens (primary N) is 1. The molecule has 2 aromatic rings. The van der Waals surface area contributed by atoms with E-state index < -0.39 is 85.8 Å². The normalized spacial score (nSPS) is 18.9. The Morgan fingerprint density at radius 3 is 2.25 bits per heavy atom. The molecule has 4 atom stereocenters. The minimum Gasteiger partial charge on any atom is -0.465 e. The van der Waals surface area contributed by atoms with Gasteiger partial charge in [0.05, 0.1) is 28.9 Å². The first-order valence-electron chi connectivity index (χ1n) is 18.3. The Morgan fingerprint density at radius 1 is 1.00 bits per heavy atom. The van der Waals surface area contributed by atoms with E-state index in [0.29, 0.717) is 0 Å². The molecule has 0 spiro atoms. The lowest BCUT2D eigenvalue weighted by Gasteiger charge is -2.32. The summed E-state index contributed by atoms with van der Waals surface area (Å²) in [5.74, 6) is -8.39. The quantitative estimate of drug-likeness (QED) is 0.0921. The molecule has 21 heteroatoms. The molecule has 2 fully saturated rings. The van der Waals surface area contributed by atoms with Crippen LogP contribution in [0.2, 0.25) is 0 Å². The van der Waals surface area contributed by atoms with Crippen molar-refractivity contribution < 1.29 is 56.2 Å². The van der Waals surface area contributed by atoms with Gasteiger partial charge in [0.2, 0.25) is 27.4 Å². The van der Waals surface area contributed by atoms with E-state index in [1.165, 1.54) is 29.6 Å². The second-order valence-corrected chi connectivity index (χ2v) is 16.5. The highest BCUT2D eigenvalue weighted by molar-refractivity contribution is 7.91. The highest BCUT2D eigenvalue weighted by atomic mass is 32.2. The lowest BCUT2D eigenvalue weighted by atomic mass is 9.84. The number of ketones is 1. The van der Waals surface area contributed by atoms with E-state index in [9.17, 15) is 51.1 Å². The van der Waals surface area contributed by atoms with Crippen LogP contribution in [-0.4, -0.2) is 111 Å². The molecule has 0 bridgehead atoms. The van der Waals surface area contributed by atoms with Crippen molar-refractivity contribution in [1.82, 2.24) is 35.8 Å². The Balaban J connectivity index is 1.66. The zero-order chi connectivity index (χ0) is 41.4. The minimum atomic E-state index is -4.93. The Hall–Kier alpha value is -5.05. The number of sulfone groups is 1. The Kier molecular flexibility index (Phi) is 14.6. The van der Waals surface area contributed by atoms with Crippen molar-refractivity contribution in [1.29, 1.82) is 0 Å². The van der Waals surface area contributed by atoms with Crippen molar-refractivity contribution in [2.24, 2.45) is 11.7 Å². The number of halogens is 2. The van der Waals surface area contributed by atoms with Crippen LogP contribution in [0.3, 0.4) is 0 Å². The lowest BCUT2D eigenvalue weighted by molar-refractivity contribution is -0.142. The molecule has 4 rings (SSSR count). The van der Waals surface area contributed by atoms with Gasteiger partial charge in [-0.2, -0.15) is 8.78 Å². The van der Waals surface area contributed by atoms with Crippen molar-refractivity contribution in [3.8, 4) is 0 Å². The minimum absolute atomic E-state index is 0.00697. The first kappa shape index (κ1) is 43.7. The average molecular weight is 811 g/mol. The maximum Gasteiger partial charge on any atom is 0.404 e. The molecule has 0 radical (unpaired) electrons. The molecule has 1 aliphatic carbocycles. The van der Waals surface area contributed by atoms with Crippen LogP contribution < -0.4 is 21.7 Å². The van der Waals surface area contributed by atoms with Crippen molar-refractivity contribution in [2.75, 3.05) is 13.1 Å². The number of primary amides is 1. The number of nitrogens with zero attached hydrogens (tertiary/aromatic N) is 4. The van der Waals surface area contributed by atoms with Gasteiger partial charge in [0.25, 0.3) is 11.8 Å². The number of carbonyl (C=O) groups is 6.